The maximum Gasteiger partial charge on any atom is 0.150 e. The zero-order valence-corrected chi connectivity index (χ0v) is 12.4. The van der Waals surface area contributed by atoms with Crippen LogP contribution in [-0.2, 0) is 0 Å². The first-order valence-corrected chi connectivity index (χ1v) is 8.51. The first-order chi connectivity index (χ1) is 8.76. The van der Waals surface area contributed by atoms with E-state index in [4.69, 9.17) is 0 Å². The second-order valence-electron chi connectivity index (χ2n) is 5.03. The molecule has 1 N–H and O–H groups in total. The largest absolute Gasteiger partial charge is 0.382 e. The molecule has 0 aliphatic heterocycles. The molecule has 2 atom stereocenters. The number of thioether (sulfide) groups is 1. The molecule has 0 bridgehead atoms. The van der Waals surface area contributed by atoms with E-state index in [9.17, 15) is 0 Å². The van der Waals surface area contributed by atoms with Gasteiger partial charge in [0.15, 0.2) is 4.34 Å². The Balaban J connectivity index is 1.84. The van der Waals surface area contributed by atoms with E-state index in [0.717, 1.165) is 15.8 Å². The van der Waals surface area contributed by atoms with Gasteiger partial charge in [0.2, 0.25) is 0 Å². The first-order valence-electron chi connectivity index (χ1n) is 6.47. The van der Waals surface area contributed by atoms with Gasteiger partial charge in [-0.2, -0.15) is 0 Å². The fourth-order valence-electron chi connectivity index (χ4n) is 2.65. The summed E-state index contributed by atoms with van der Waals surface area (Å²) in [6, 6.07) is 7.19. The van der Waals surface area contributed by atoms with Crippen LogP contribution in [0.2, 0.25) is 0 Å². The minimum Gasteiger partial charge on any atom is -0.382 e. The first kappa shape index (κ1) is 12.3. The lowest BCUT2D eigenvalue weighted by Gasteiger charge is -2.18. The number of aromatic nitrogens is 1. The molecule has 3 rings (SSSR count). The van der Waals surface area contributed by atoms with Crippen LogP contribution < -0.4 is 5.32 Å². The summed E-state index contributed by atoms with van der Waals surface area (Å²) in [5, 5.41) is 3.68. The van der Waals surface area contributed by atoms with Crippen LogP contribution in [0.4, 0.5) is 5.69 Å². The zero-order chi connectivity index (χ0) is 12.5. The van der Waals surface area contributed by atoms with Crippen molar-refractivity contribution in [2.45, 2.75) is 36.6 Å². The molecule has 0 amide bonds. The number of fused-ring (bicyclic) bond motifs is 1. The van der Waals surface area contributed by atoms with E-state index >= 15 is 0 Å². The van der Waals surface area contributed by atoms with Crippen LogP contribution in [0.25, 0.3) is 10.2 Å². The zero-order valence-electron chi connectivity index (χ0n) is 10.8. The topological polar surface area (TPSA) is 24.9 Å². The van der Waals surface area contributed by atoms with Gasteiger partial charge in [0.05, 0.1) is 10.2 Å². The Morgan fingerprint density at radius 3 is 3.00 bits per heavy atom. The summed E-state index contributed by atoms with van der Waals surface area (Å²) in [4.78, 5) is 4.57. The Morgan fingerprint density at radius 2 is 2.28 bits per heavy atom. The highest BCUT2D eigenvalue weighted by molar-refractivity contribution is 8.00. The molecule has 0 saturated heterocycles. The molecule has 2 unspecified atom stereocenters. The van der Waals surface area contributed by atoms with Gasteiger partial charge in [-0.25, -0.2) is 4.98 Å². The van der Waals surface area contributed by atoms with Gasteiger partial charge >= 0.3 is 0 Å². The highest BCUT2D eigenvalue weighted by atomic mass is 32.2. The van der Waals surface area contributed by atoms with Gasteiger partial charge < -0.3 is 5.32 Å². The summed E-state index contributed by atoms with van der Waals surface area (Å²) in [5.74, 6) is 0.795. The predicted octanol–water partition coefficient (Wildman–Crippen LogP) is 4.62. The number of anilines is 1. The summed E-state index contributed by atoms with van der Waals surface area (Å²) in [6.45, 7) is 2.35. The maximum atomic E-state index is 4.57. The van der Waals surface area contributed by atoms with Gasteiger partial charge in [-0.15, -0.1) is 11.3 Å². The summed E-state index contributed by atoms with van der Waals surface area (Å²) in [5.41, 5.74) is 2.37. The number of rotatable bonds is 3. The van der Waals surface area contributed by atoms with Crippen LogP contribution in [0.15, 0.2) is 22.5 Å². The van der Waals surface area contributed by atoms with Crippen molar-refractivity contribution in [2.75, 3.05) is 11.6 Å². The molecular weight excluding hydrogens is 260 g/mol. The van der Waals surface area contributed by atoms with Crippen molar-refractivity contribution < 1.29 is 0 Å². The summed E-state index contributed by atoms with van der Waals surface area (Å²) in [7, 11) is 0. The summed E-state index contributed by atoms with van der Waals surface area (Å²) in [6.07, 6.45) is 6.10. The van der Waals surface area contributed by atoms with Crippen molar-refractivity contribution in [3.8, 4) is 0 Å². The molecule has 0 spiro atoms. The van der Waals surface area contributed by atoms with Gasteiger partial charge in [-0.1, -0.05) is 25.1 Å². The molecule has 1 heterocycles. The molecule has 1 saturated carbocycles. The fraction of sp³-hybridized carbons (Fsp3) is 0.500. The van der Waals surface area contributed by atoms with E-state index in [1.807, 2.05) is 0 Å². The van der Waals surface area contributed by atoms with Crippen molar-refractivity contribution in [3.63, 3.8) is 0 Å². The molecule has 2 aromatic rings. The smallest absolute Gasteiger partial charge is 0.150 e. The van der Waals surface area contributed by atoms with Crippen LogP contribution in [-0.4, -0.2) is 17.3 Å². The lowest BCUT2D eigenvalue weighted by Crippen LogP contribution is -2.21. The third kappa shape index (κ3) is 2.36. The van der Waals surface area contributed by atoms with E-state index < -0.39 is 0 Å². The lowest BCUT2D eigenvalue weighted by molar-refractivity contribution is 0.556. The van der Waals surface area contributed by atoms with Crippen LogP contribution in [0.1, 0.15) is 26.2 Å². The number of thiazole rings is 1. The highest BCUT2D eigenvalue weighted by Crippen LogP contribution is 2.32. The maximum absolute atomic E-state index is 4.57. The fourth-order valence-corrected chi connectivity index (χ4v) is 4.18. The van der Waals surface area contributed by atoms with Gasteiger partial charge in [0, 0.05) is 11.7 Å². The second-order valence-corrected chi connectivity index (χ2v) is 7.11. The molecular formula is C14H18N2S2. The Labute approximate surface area is 116 Å². The Morgan fingerprint density at radius 1 is 1.39 bits per heavy atom. The molecule has 1 aliphatic carbocycles. The minimum atomic E-state index is 0.649. The summed E-state index contributed by atoms with van der Waals surface area (Å²) >= 11 is 3.50. The minimum absolute atomic E-state index is 0.649. The second kappa shape index (κ2) is 5.10. The Bertz CT molecular complexity index is 550. The highest BCUT2D eigenvalue weighted by Gasteiger charge is 2.22. The number of nitrogens with one attached hydrogen (secondary N) is 1. The van der Waals surface area contributed by atoms with Crippen molar-refractivity contribution in [1.82, 2.24) is 4.98 Å². The van der Waals surface area contributed by atoms with Crippen LogP contribution >= 0.6 is 23.1 Å². The predicted molar refractivity (Wildman–Crippen MR) is 81.8 cm³/mol. The van der Waals surface area contributed by atoms with E-state index in [1.165, 1.54) is 29.6 Å². The average Bonchev–Trinajstić information content (AvgIpc) is 2.95. The van der Waals surface area contributed by atoms with Crippen LogP contribution in [0, 0.1) is 5.92 Å². The van der Waals surface area contributed by atoms with E-state index in [-0.39, 0.29) is 0 Å². The SMILES string of the molecule is CSc1nc2ccc(NC3CCCC3C)cc2s1. The third-order valence-corrected chi connectivity index (χ3v) is 5.76. The number of hydrogen-bond acceptors (Lipinski definition) is 4. The van der Waals surface area contributed by atoms with Crippen LogP contribution in [0.3, 0.4) is 0 Å². The van der Waals surface area contributed by atoms with E-state index in [0.29, 0.717) is 6.04 Å². The van der Waals surface area contributed by atoms with Gasteiger partial charge in [0.25, 0.3) is 0 Å². The molecule has 1 fully saturated rings. The quantitative estimate of drug-likeness (QED) is 0.829. The standard InChI is InChI=1S/C14H18N2S2/c1-9-4-3-5-11(9)15-10-6-7-12-13(8-10)18-14(16-12)17-2/h6-9,11,15H,3-5H2,1-2H3. The van der Waals surface area contributed by atoms with Crippen molar-refractivity contribution in [3.05, 3.63) is 18.2 Å². The molecule has 4 heteroatoms. The van der Waals surface area contributed by atoms with E-state index in [1.54, 1.807) is 23.1 Å². The molecule has 2 nitrogen and oxygen atoms in total. The molecule has 96 valence electrons. The molecule has 18 heavy (non-hydrogen) atoms. The van der Waals surface area contributed by atoms with Crippen molar-refractivity contribution in [1.29, 1.82) is 0 Å². The van der Waals surface area contributed by atoms with Crippen molar-refractivity contribution in [2.24, 2.45) is 5.92 Å². The number of benzene rings is 1. The molecule has 1 aromatic heterocycles. The van der Waals surface area contributed by atoms with Gasteiger partial charge in [0.1, 0.15) is 0 Å². The van der Waals surface area contributed by atoms with Crippen molar-refractivity contribution >= 4 is 39.0 Å². The number of hydrogen-bond donors (Lipinski definition) is 1. The molecule has 0 radical (unpaired) electrons. The van der Waals surface area contributed by atoms with Crippen LogP contribution in [0.5, 0.6) is 0 Å². The monoisotopic (exact) mass is 278 g/mol. The van der Waals surface area contributed by atoms with Gasteiger partial charge in [-0.3, -0.25) is 0 Å². The van der Waals surface area contributed by atoms with Gasteiger partial charge in [-0.05, 0) is 43.2 Å². The Hall–Kier alpha value is -0.740. The lowest BCUT2D eigenvalue weighted by atomic mass is 10.1. The number of nitrogens with zero attached hydrogens (tertiary/aromatic N) is 1. The third-order valence-electron chi connectivity index (χ3n) is 3.76. The Kier molecular flexibility index (Phi) is 3.48. The average molecular weight is 278 g/mol. The van der Waals surface area contributed by atoms with E-state index in [2.05, 4.69) is 41.7 Å². The normalized spacial score (nSPS) is 23.7. The molecule has 1 aliphatic rings. The summed E-state index contributed by atoms with van der Waals surface area (Å²) < 4.78 is 2.44. The molecule has 1 aromatic carbocycles.